The minimum Gasteiger partial charge on any atom is -0.461 e. The number of nitrogens with zero attached hydrogens (tertiary/aromatic N) is 4. The lowest BCUT2D eigenvalue weighted by atomic mass is 10.1. The summed E-state index contributed by atoms with van der Waals surface area (Å²) in [6.45, 7) is 1.77. The number of esters is 1. The van der Waals surface area contributed by atoms with Crippen LogP contribution in [0, 0.1) is 11.3 Å². The van der Waals surface area contributed by atoms with Gasteiger partial charge in [0.15, 0.2) is 0 Å². The maximum absolute atomic E-state index is 13.5. The number of nitrogens with one attached hydrogen (secondary N) is 1. The van der Waals surface area contributed by atoms with Gasteiger partial charge in [-0.1, -0.05) is 18.2 Å². The Morgan fingerprint density at radius 2 is 1.91 bits per heavy atom. The number of fused-ring (bicyclic) bond motifs is 1. The fourth-order valence-corrected chi connectivity index (χ4v) is 3.44. The molecule has 1 aromatic carbocycles. The molecule has 0 aliphatic carbocycles. The molecule has 0 atom stereocenters. The van der Waals surface area contributed by atoms with E-state index < -0.39 is 23.4 Å². The Kier molecular flexibility index (Phi) is 6.20. The van der Waals surface area contributed by atoms with Crippen molar-refractivity contribution in [2.75, 3.05) is 11.9 Å². The zero-order valence-corrected chi connectivity index (χ0v) is 18.1. The highest BCUT2D eigenvalue weighted by molar-refractivity contribution is 5.96. The van der Waals surface area contributed by atoms with Crippen LogP contribution in [0.15, 0.2) is 65.6 Å². The predicted octanol–water partition coefficient (Wildman–Crippen LogP) is 4.59. The molecule has 0 fully saturated rings. The number of benzene rings is 1. The number of alkyl halides is 3. The maximum Gasteiger partial charge on any atom is 0.433 e. The lowest BCUT2D eigenvalue weighted by Crippen LogP contribution is -2.24. The number of rotatable bonds is 5. The number of para-hydroxylation sites is 1. The Morgan fingerprint density at radius 3 is 2.57 bits per heavy atom. The van der Waals surface area contributed by atoms with Crippen LogP contribution in [0.25, 0.3) is 16.7 Å². The van der Waals surface area contributed by atoms with Crippen molar-refractivity contribution in [2.24, 2.45) is 0 Å². The molecule has 4 aromatic rings. The molecule has 4 rings (SSSR count). The van der Waals surface area contributed by atoms with Gasteiger partial charge in [0.25, 0.3) is 5.56 Å². The molecule has 0 aliphatic rings. The highest BCUT2D eigenvalue weighted by Crippen LogP contribution is 2.33. The Bertz CT molecular complexity index is 1530. The largest absolute Gasteiger partial charge is 0.461 e. The molecule has 0 spiro atoms. The van der Waals surface area contributed by atoms with Crippen molar-refractivity contribution in [2.45, 2.75) is 13.1 Å². The monoisotopic (exact) mass is 479 g/mol. The zero-order valence-electron chi connectivity index (χ0n) is 18.1. The van der Waals surface area contributed by atoms with E-state index in [1.165, 1.54) is 30.5 Å². The summed E-state index contributed by atoms with van der Waals surface area (Å²) in [5.41, 5.74) is -2.28. The third kappa shape index (κ3) is 4.54. The molecule has 0 saturated heterocycles. The molecule has 3 heterocycles. The van der Waals surface area contributed by atoms with E-state index in [1.54, 1.807) is 25.1 Å². The van der Waals surface area contributed by atoms with Crippen LogP contribution in [-0.4, -0.2) is 27.1 Å². The second kappa shape index (κ2) is 9.26. The fraction of sp³-hybridized carbons (Fsp3) is 0.125. The first-order valence-electron chi connectivity index (χ1n) is 10.3. The van der Waals surface area contributed by atoms with Crippen molar-refractivity contribution < 1.29 is 22.7 Å². The van der Waals surface area contributed by atoms with Crippen LogP contribution in [0.1, 0.15) is 28.7 Å². The third-order valence-corrected chi connectivity index (χ3v) is 4.95. The van der Waals surface area contributed by atoms with Gasteiger partial charge in [0, 0.05) is 17.3 Å². The molecule has 3 aromatic heterocycles. The second-order valence-electron chi connectivity index (χ2n) is 7.18. The summed E-state index contributed by atoms with van der Waals surface area (Å²) in [6, 6.07) is 14.5. The van der Waals surface area contributed by atoms with E-state index in [0.29, 0.717) is 0 Å². The summed E-state index contributed by atoms with van der Waals surface area (Å²) in [5.74, 6) is -0.683. The molecule has 8 nitrogen and oxygen atoms in total. The minimum atomic E-state index is -4.76. The van der Waals surface area contributed by atoms with Gasteiger partial charge in [0.05, 0.1) is 18.0 Å². The number of halogens is 3. The van der Waals surface area contributed by atoms with Gasteiger partial charge >= 0.3 is 12.1 Å². The normalized spacial score (nSPS) is 11.2. The van der Waals surface area contributed by atoms with Crippen molar-refractivity contribution >= 4 is 28.4 Å². The highest BCUT2D eigenvalue weighted by Gasteiger charge is 2.33. The fourth-order valence-electron chi connectivity index (χ4n) is 3.44. The molecule has 0 saturated carbocycles. The molecule has 176 valence electrons. The number of aromatic nitrogens is 3. The van der Waals surface area contributed by atoms with Crippen molar-refractivity contribution in [3.05, 3.63) is 88.1 Å². The number of anilines is 2. The minimum absolute atomic E-state index is 0.0326. The van der Waals surface area contributed by atoms with E-state index >= 15 is 0 Å². The van der Waals surface area contributed by atoms with Crippen LogP contribution in [0.2, 0.25) is 0 Å². The van der Waals surface area contributed by atoms with E-state index in [2.05, 4.69) is 15.3 Å². The van der Waals surface area contributed by atoms with Gasteiger partial charge in [0.2, 0.25) is 0 Å². The summed E-state index contributed by atoms with van der Waals surface area (Å²) in [6.07, 6.45) is -3.44. The molecule has 0 amide bonds. The number of hydrogen-bond acceptors (Lipinski definition) is 7. The zero-order chi connectivity index (χ0) is 25.2. The van der Waals surface area contributed by atoms with E-state index in [4.69, 9.17) is 4.74 Å². The lowest BCUT2D eigenvalue weighted by Gasteiger charge is -2.17. The van der Waals surface area contributed by atoms with Crippen LogP contribution < -0.4 is 10.9 Å². The van der Waals surface area contributed by atoms with Crippen molar-refractivity contribution in [1.82, 2.24) is 14.5 Å². The molecular weight excluding hydrogens is 463 g/mol. The van der Waals surface area contributed by atoms with Gasteiger partial charge in [0.1, 0.15) is 28.7 Å². The van der Waals surface area contributed by atoms with Gasteiger partial charge in [-0.25, -0.2) is 14.8 Å². The number of ether oxygens (including phenoxy) is 1. The molecular formula is C24H16F3N5O3. The van der Waals surface area contributed by atoms with E-state index in [9.17, 15) is 28.0 Å². The number of carbonyl (C=O) groups is 1. The summed E-state index contributed by atoms with van der Waals surface area (Å²) in [5, 5.41) is 12.8. The summed E-state index contributed by atoms with van der Waals surface area (Å²) >= 11 is 0. The van der Waals surface area contributed by atoms with Crippen LogP contribution >= 0.6 is 0 Å². The Hall–Kier alpha value is -4.72. The molecule has 0 bridgehead atoms. The van der Waals surface area contributed by atoms with Gasteiger partial charge in [-0.05, 0) is 43.3 Å². The first kappa shape index (κ1) is 23.4. The summed E-state index contributed by atoms with van der Waals surface area (Å²) in [7, 11) is 0. The molecule has 0 unspecified atom stereocenters. The molecule has 0 aliphatic heterocycles. The summed E-state index contributed by atoms with van der Waals surface area (Å²) < 4.78 is 46.3. The first-order valence-corrected chi connectivity index (χ1v) is 10.3. The number of carbonyl (C=O) groups excluding carboxylic acids is 1. The topological polar surface area (TPSA) is 110 Å². The Labute approximate surface area is 196 Å². The smallest absolute Gasteiger partial charge is 0.433 e. The van der Waals surface area contributed by atoms with Gasteiger partial charge in [-0.2, -0.15) is 18.4 Å². The summed E-state index contributed by atoms with van der Waals surface area (Å²) in [4.78, 5) is 33.0. The highest BCUT2D eigenvalue weighted by atomic mass is 19.4. The Morgan fingerprint density at radius 1 is 1.17 bits per heavy atom. The number of hydrogen-bond donors (Lipinski definition) is 1. The van der Waals surface area contributed by atoms with Crippen molar-refractivity contribution in [3.8, 4) is 11.8 Å². The van der Waals surface area contributed by atoms with Gasteiger partial charge < -0.3 is 10.1 Å². The first-order chi connectivity index (χ1) is 16.7. The number of nitriles is 1. The lowest BCUT2D eigenvalue weighted by molar-refractivity contribution is -0.141. The molecule has 1 N–H and O–H groups in total. The van der Waals surface area contributed by atoms with Crippen LogP contribution in [-0.2, 0) is 10.9 Å². The number of pyridine rings is 3. The van der Waals surface area contributed by atoms with Crippen LogP contribution in [0.5, 0.6) is 0 Å². The maximum atomic E-state index is 13.5. The standard InChI is InChI=1S/C24H16F3N5O3/c1-2-35-23(34)18-12-14(10-11-29-18)30-20-16-8-9-19(24(25,26)27)31-21(16)32(22(33)17(20)13-28)15-6-4-3-5-7-15/h3-12H,2H2,1H3,(H,29,30). The van der Waals surface area contributed by atoms with Gasteiger partial charge in [-0.3, -0.25) is 9.36 Å². The van der Waals surface area contributed by atoms with E-state index in [0.717, 1.165) is 16.7 Å². The molecule has 11 heteroatoms. The average molecular weight is 479 g/mol. The van der Waals surface area contributed by atoms with Crippen molar-refractivity contribution in [1.29, 1.82) is 5.26 Å². The average Bonchev–Trinajstić information content (AvgIpc) is 2.84. The Balaban J connectivity index is 1.99. The van der Waals surface area contributed by atoms with Crippen molar-refractivity contribution in [3.63, 3.8) is 0 Å². The third-order valence-electron chi connectivity index (χ3n) is 4.95. The van der Waals surface area contributed by atoms with Crippen LogP contribution in [0.4, 0.5) is 24.5 Å². The predicted molar refractivity (Wildman–Crippen MR) is 121 cm³/mol. The van der Waals surface area contributed by atoms with E-state index in [-0.39, 0.29) is 46.0 Å². The second-order valence-corrected chi connectivity index (χ2v) is 7.18. The molecule has 0 radical (unpaired) electrons. The SMILES string of the molecule is CCOC(=O)c1cc(Nc2c(C#N)c(=O)n(-c3ccccc3)c3nc(C(F)(F)F)ccc23)ccn1. The quantitative estimate of drug-likeness (QED) is 0.417. The van der Waals surface area contributed by atoms with Gasteiger partial charge in [-0.15, -0.1) is 0 Å². The molecule has 35 heavy (non-hydrogen) atoms. The van der Waals surface area contributed by atoms with Crippen LogP contribution in [0.3, 0.4) is 0 Å². The van der Waals surface area contributed by atoms with E-state index in [1.807, 2.05) is 6.07 Å².